The van der Waals surface area contributed by atoms with Crippen LogP contribution >= 0.6 is 0 Å². The standard InChI is InChI=1S/C24H43N5O4/c1-2-3-4-5-6-7-8-9-10-11-12-13-20(31)33-15-14-19(17-30)16-29-18-26-21-22(29)27-24(25)28-23(21)32/h19,26,30H,2-18H2,1H3,(H3,25,27,28,32). The topological polar surface area (TPSA) is 134 Å². The molecule has 0 spiro atoms. The highest BCUT2D eigenvalue weighted by Gasteiger charge is 2.26. The summed E-state index contributed by atoms with van der Waals surface area (Å²) in [6.45, 7) is 3.39. The van der Waals surface area contributed by atoms with Crippen LogP contribution in [0.25, 0.3) is 0 Å². The van der Waals surface area contributed by atoms with Crippen LogP contribution in [0.2, 0.25) is 0 Å². The van der Waals surface area contributed by atoms with Crippen molar-refractivity contribution in [3.63, 3.8) is 0 Å². The van der Waals surface area contributed by atoms with Crippen LogP contribution in [0, 0.1) is 5.92 Å². The van der Waals surface area contributed by atoms with Gasteiger partial charge in [-0.05, 0) is 12.8 Å². The van der Waals surface area contributed by atoms with E-state index >= 15 is 0 Å². The van der Waals surface area contributed by atoms with E-state index in [1.54, 1.807) is 0 Å². The quantitative estimate of drug-likeness (QED) is 0.190. The first kappa shape index (κ1) is 27.0. The Morgan fingerprint density at radius 3 is 2.39 bits per heavy atom. The minimum Gasteiger partial charge on any atom is -0.466 e. The molecule has 2 heterocycles. The van der Waals surface area contributed by atoms with Gasteiger partial charge in [0, 0.05) is 25.5 Å². The normalized spacial score (nSPS) is 13.6. The van der Waals surface area contributed by atoms with Gasteiger partial charge in [-0.2, -0.15) is 4.98 Å². The molecule has 0 aromatic carbocycles. The zero-order valence-corrected chi connectivity index (χ0v) is 20.2. The summed E-state index contributed by atoms with van der Waals surface area (Å²) in [5.41, 5.74) is 5.72. The summed E-state index contributed by atoms with van der Waals surface area (Å²) >= 11 is 0. The van der Waals surface area contributed by atoms with Crippen LogP contribution < -0.4 is 21.5 Å². The number of aromatic amines is 1. The van der Waals surface area contributed by atoms with Gasteiger partial charge in [0.15, 0.2) is 5.82 Å². The van der Waals surface area contributed by atoms with Crippen molar-refractivity contribution in [3.8, 4) is 0 Å². The summed E-state index contributed by atoms with van der Waals surface area (Å²) in [4.78, 5) is 32.4. The van der Waals surface area contributed by atoms with Gasteiger partial charge in [0.25, 0.3) is 5.56 Å². The molecule has 0 amide bonds. The van der Waals surface area contributed by atoms with Gasteiger partial charge in [-0.15, -0.1) is 0 Å². The van der Waals surface area contributed by atoms with Gasteiger partial charge in [0.2, 0.25) is 5.95 Å². The fourth-order valence-corrected chi connectivity index (χ4v) is 4.16. The van der Waals surface area contributed by atoms with Gasteiger partial charge in [-0.25, -0.2) is 0 Å². The number of nitrogen functional groups attached to an aromatic ring is 1. The highest BCUT2D eigenvalue weighted by Crippen LogP contribution is 2.26. The molecule has 188 valence electrons. The predicted octanol–water partition coefficient (Wildman–Crippen LogP) is 3.78. The smallest absolute Gasteiger partial charge is 0.305 e. The molecule has 0 aliphatic carbocycles. The zero-order chi connectivity index (χ0) is 23.9. The molecule has 1 atom stereocenters. The van der Waals surface area contributed by atoms with E-state index in [2.05, 4.69) is 22.2 Å². The number of hydrogen-bond donors (Lipinski definition) is 4. The van der Waals surface area contributed by atoms with E-state index in [9.17, 15) is 14.7 Å². The molecule has 1 aromatic rings. The van der Waals surface area contributed by atoms with Crippen molar-refractivity contribution in [2.45, 2.75) is 90.4 Å². The molecule has 0 fully saturated rings. The van der Waals surface area contributed by atoms with E-state index in [-0.39, 0.29) is 36.6 Å². The van der Waals surface area contributed by atoms with Crippen molar-refractivity contribution in [3.05, 3.63) is 10.4 Å². The number of hydrogen-bond acceptors (Lipinski definition) is 8. The number of carbonyl (C=O) groups is 1. The Hall–Kier alpha value is -2.29. The van der Waals surface area contributed by atoms with Crippen LogP contribution in [-0.4, -0.2) is 47.5 Å². The van der Waals surface area contributed by atoms with E-state index in [1.807, 2.05) is 4.90 Å². The molecule has 0 radical (unpaired) electrons. The van der Waals surface area contributed by atoms with Gasteiger partial charge < -0.3 is 25.8 Å². The van der Waals surface area contributed by atoms with Gasteiger partial charge >= 0.3 is 5.97 Å². The van der Waals surface area contributed by atoms with Crippen LogP contribution in [0.15, 0.2) is 4.79 Å². The van der Waals surface area contributed by atoms with Crippen molar-refractivity contribution in [2.24, 2.45) is 5.92 Å². The highest BCUT2D eigenvalue weighted by molar-refractivity contribution is 5.70. The number of nitrogens with two attached hydrogens (primary N) is 1. The molecule has 0 bridgehead atoms. The van der Waals surface area contributed by atoms with E-state index in [0.29, 0.717) is 37.6 Å². The lowest BCUT2D eigenvalue weighted by Gasteiger charge is -2.23. The average molecular weight is 466 g/mol. The predicted molar refractivity (Wildman–Crippen MR) is 132 cm³/mol. The second-order valence-electron chi connectivity index (χ2n) is 9.05. The Kier molecular flexibility index (Phi) is 12.7. The first-order valence-corrected chi connectivity index (χ1v) is 12.7. The fraction of sp³-hybridized carbons (Fsp3) is 0.792. The maximum absolute atomic E-state index is 12.0. The van der Waals surface area contributed by atoms with Crippen LogP contribution in [-0.2, 0) is 9.53 Å². The number of unbranched alkanes of at least 4 members (excludes halogenated alkanes) is 10. The number of fused-ring (bicyclic) bond motifs is 1. The molecule has 33 heavy (non-hydrogen) atoms. The summed E-state index contributed by atoms with van der Waals surface area (Å²) in [6.07, 6.45) is 14.7. The first-order valence-electron chi connectivity index (χ1n) is 12.7. The average Bonchev–Trinajstić information content (AvgIpc) is 3.19. The van der Waals surface area contributed by atoms with Crippen molar-refractivity contribution >= 4 is 23.4 Å². The van der Waals surface area contributed by atoms with E-state index in [1.165, 1.54) is 57.8 Å². The van der Waals surface area contributed by atoms with Gasteiger partial charge in [-0.3, -0.25) is 14.6 Å². The maximum Gasteiger partial charge on any atom is 0.305 e. The van der Waals surface area contributed by atoms with E-state index in [4.69, 9.17) is 10.5 Å². The lowest BCUT2D eigenvalue weighted by Crippen LogP contribution is -2.32. The third-order valence-electron chi connectivity index (χ3n) is 6.18. The number of ether oxygens (including phenoxy) is 1. The maximum atomic E-state index is 12.0. The van der Waals surface area contributed by atoms with Crippen molar-refractivity contribution in [2.75, 3.05) is 42.4 Å². The molecule has 1 unspecified atom stereocenters. The number of aromatic nitrogens is 2. The summed E-state index contributed by atoms with van der Waals surface area (Å²) < 4.78 is 5.36. The molecule has 1 aliphatic heterocycles. The summed E-state index contributed by atoms with van der Waals surface area (Å²) in [5.74, 6) is 0.277. The van der Waals surface area contributed by atoms with Crippen LogP contribution in [0.1, 0.15) is 90.4 Å². The Morgan fingerprint density at radius 1 is 1.12 bits per heavy atom. The number of aliphatic hydroxyl groups excluding tert-OH is 1. The molecule has 0 saturated heterocycles. The molecule has 2 rings (SSSR count). The zero-order valence-electron chi connectivity index (χ0n) is 20.2. The van der Waals surface area contributed by atoms with E-state index in [0.717, 1.165) is 12.8 Å². The number of esters is 1. The molecule has 0 saturated carbocycles. The number of carbonyl (C=O) groups excluding carboxylic acids is 1. The SMILES string of the molecule is CCCCCCCCCCCCCC(=O)OCCC(CO)CN1CNc2c1nc(N)[nH]c2=O. The van der Waals surface area contributed by atoms with Crippen LogP contribution in [0.3, 0.4) is 0 Å². The Labute approximate surface area is 197 Å². The number of rotatable bonds is 18. The lowest BCUT2D eigenvalue weighted by atomic mass is 10.1. The third kappa shape index (κ3) is 10.0. The van der Waals surface area contributed by atoms with Gasteiger partial charge in [0.05, 0.1) is 13.3 Å². The second kappa shape index (κ2) is 15.5. The molecule has 9 heteroatoms. The summed E-state index contributed by atoms with van der Waals surface area (Å²) in [6, 6.07) is 0. The number of H-pyrrole nitrogens is 1. The number of aliphatic hydroxyl groups is 1. The largest absolute Gasteiger partial charge is 0.466 e. The van der Waals surface area contributed by atoms with Crippen LogP contribution in [0.5, 0.6) is 0 Å². The fourth-order valence-electron chi connectivity index (χ4n) is 4.16. The Bertz CT molecular complexity index is 755. The number of nitrogens with one attached hydrogen (secondary N) is 2. The highest BCUT2D eigenvalue weighted by atomic mass is 16.5. The number of nitrogens with zero attached hydrogens (tertiary/aromatic N) is 2. The van der Waals surface area contributed by atoms with Crippen molar-refractivity contribution in [1.82, 2.24) is 9.97 Å². The molecular formula is C24H43N5O4. The molecule has 1 aliphatic rings. The molecule has 1 aromatic heterocycles. The third-order valence-corrected chi connectivity index (χ3v) is 6.18. The van der Waals surface area contributed by atoms with Gasteiger partial charge in [-0.1, -0.05) is 71.1 Å². The van der Waals surface area contributed by atoms with Crippen LogP contribution in [0.4, 0.5) is 17.5 Å². The molecule has 9 nitrogen and oxygen atoms in total. The van der Waals surface area contributed by atoms with Crippen molar-refractivity contribution in [1.29, 1.82) is 0 Å². The van der Waals surface area contributed by atoms with Crippen molar-refractivity contribution < 1.29 is 14.6 Å². The molecular weight excluding hydrogens is 422 g/mol. The van der Waals surface area contributed by atoms with Gasteiger partial charge in [0.1, 0.15) is 5.69 Å². The minimum atomic E-state index is -0.308. The monoisotopic (exact) mass is 465 g/mol. The minimum absolute atomic E-state index is 0.0410. The number of anilines is 3. The second-order valence-corrected chi connectivity index (χ2v) is 9.05. The lowest BCUT2D eigenvalue weighted by molar-refractivity contribution is -0.144. The molecule has 5 N–H and O–H groups in total. The summed E-state index contributed by atoms with van der Waals surface area (Å²) in [7, 11) is 0. The Balaban J connectivity index is 1.52. The Morgan fingerprint density at radius 2 is 1.76 bits per heavy atom. The first-order chi connectivity index (χ1) is 16.0. The summed E-state index contributed by atoms with van der Waals surface area (Å²) in [5, 5.41) is 12.7. The van der Waals surface area contributed by atoms with E-state index < -0.39 is 0 Å².